The van der Waals surface area contributed by atoms with Crippen molar-refractivity contribution in [2.75, 3.05) is 13.1 Å². The lowest BCUT2D eigenvalue weighted by atomic mass is 9.58. The molecule has 1 heterocycles. The van der Waals surface area contributed by atoms with Crippen LogP contribution in [-0.4, -0.2) is 13.1 Å². The fraction of sp³-hybridized carbons (Fsp3) is 1.00. The zero-order valence-corrected chi connectivity index (χ0v) is 9.28. The summed E-state index contributed by atoms with van der Waals surface area (Å²) in [5, 5.41) is 3.63. The number of rotatable bonds is 0. The van der Waals surface area contributed by atoms with Crippen molar-refractivity contribution in [2.24, 2.45) is 10.8 Å². The highest BCUT2D eigenvalue weighted by Crippen LogP contribution is 2.62. The van der Waals surface area contributed by atoms with Gasteiger partial charge in [0, 0.05) is 6.54 Å². The molecule has 0 bridgehead atoms. The van der Waals surface area contributed by atoms with Crippen LogP contribution in [0.1, 0.15) is 57.8 Å². The summed E-state index contributed by atoms with van der Waals surface area (Å²) in [6, 6.07) is 0. The second-order valence-corrected chi connectivity index (χ2v) is 5.90. The van der Waals surface area contributed by atoms with Gasteiger partial charge < -0.3 is 5.32 Å². The minimum absolute atomic E-state index is 0.743. The Morgan fingerprint density at radius 1 is 0.643 bits per heavy atom. The Kier molecular flexibility index (Phi) is 2.12. The molecule has 0 aromatic heterocycles. The molecular weight excluding hydrogens is 170 g/mol. The van der Waals surface area contributed by atoms with E-state index in [9.17, 15) is 0 Å². The summed E-state index contributed by atoms with van der Waals surface area (Å²) in [4.78, 5) is 0. The van der Waals surface area contributed by atoms with Crippen molar-refractivity contribution in [2.45, 2.75) is 57.8 Å². The van der Waals surface area contributed by atoms with Crippen molar-refractivity contribution < 1.29 is 0 Å². The Labute approximate surface area is 87.7 Å². The molecule has 1 aliphatic heterocycles. The van der Waals surface area contributed by atoms with Gasteiger partial charge in [-0.3, -0.25) is 0 Å². The van der Waals surface area contributed by atoms with Crippen LogP contribution in [0.15, 0.2) is 0 Å². The highest BCUT2D eigenvalue weighted by Gasteiger charge is 2.55. The molecule has 0 aromatic rings. The minimum Gasteiger partial charge on any atom is -0.316 e. The van der Waals surface area contributed by atoms with E-state index in [4.69, 9.17) is 0 Å². The molecular formula is C13H23N. The van der Waals surface area contributed by atoms with Gasteiger partial charge in [0.2, 0.25) is 0 Å². The number of fused-ring (bicyclic) bond motifs is 1. The van der Waals surface area contributed by atoms with Gasteiger partial charge in [0.05, 0.1) is 0 Å². The summed E-state index contributed by atoms with van der Waals surface area (Å²) in [5.74, 6) is 0. The van der Waals surface area contributed by atoms with E-state index in [0.717, 1.165) is 10.8 Å². The maximum atomic E-state index is 3.63. The summed E-state index contributed by atoms with van der Waals surface area (Å²) < 4.78 is 0. The molecule has 2 saturated carbocycles. The lowest BCUT2D eigenvalue weighted by Gasteiger charge is -2.46. The van der Waals surface area contributed by atoms with E-state index < -0.39 is 0 Å². The quantitative estimate of drug-likeness (QED) is 0.623. The zero-order chi connectivity index (χ0) is 9.49. The van der Waals surface area contributed by atoms with Crippen molar-refractivity contribution in [3.05, 3.63) is 0 Å². The molecule has 0 amide bonds. The Balaban J connectivity index is 1.88. The fourth-order valence-electron chi connectivity index (χ4n) is 4.71. The van der Waals surface area contributed by atoms with Crippen molar-refractivity contribution in [3.8, 4) is 0 Å². The molecule has 1 heteroatoms. The third-order valence-corrected chi connectivity index (χ3v) is 5.49. The molecule has 0 radical (unpaired) electrons. The van der Waals surface area contributed by atoms with Gasteiger partial charge in [-0.05, 0) is 49.5 Å². The zero-order valence-electron chi connectivity index (χ0n) is 9.28. The molecule has 1 atom stereocenters. The molecule has 1 saturated heterocycles. The van der Waals surface area contributed by atoms with Crippen LogP contribution in [0, 0.1) is 10.8 Å². The predicted molar refractivity (Wildman–Crippen MR) is 59.3 cm³/mol. The fourth-order valence-corrected chi connectivity index (χ4v) is 4.71. The highest BCUT2D eigenvalue weighted by molar-refractivity contribution is 5.07. The van der Waals surface area contributed by atoms with Gasteiger partial charge in [0.1, 0.15) is 0 Å². The van der Waals surface area contributed by atoms with E-state index in [-0.39, 0.29) is 0 Å². The average molecular weight is 193 g/mol. The van der Waals surface area contributed by atoms with Crippen LogP contribution < -0.4 is 5.32 Å². The predicted octanol–water partition coefficient (Wildman–Crippen LogP) is 3.10. The molecule has 1 unspecified atom stereocenters. The molecule has 2 aliphatic carbocycles. The molecule has 1 N–H and O–H groups in total. The number of nitrogens with one attached hydrogen (secondary N) is 1. The van der Waals surface area contributed by atoms with E-state index in [1.807, 2.05) is 0 Å². The van der Waals surface area contributed by atoms with Crippen LogP contribution in [-0.2, 0) is 0 Å². The van der Waals surface area contributed by atoms with Crippen molar-refractivity contribution in [3.63, 3.8) is 0 Å². The Hall–Kier alpha value is -0.0400. The summed E-state index contributed by atoms with van der Waals surface area (Å²) in [7, 11) is 0. The monoisotopic (exact) mass is 193 g/mol. The molecule has 3 aliphatic rings. The maximum absolute atomic E-state index is 3.63. The first-order chi connectivity index (χ1) is 6.87. The Morgan fingerprint density at radius 3 is 2.07 bits per heavy atom. The van der Waals surface area contributed by atoms with E-state index in [1.54, 1.807) is 19.3 Å². The van der Waals surface area contributed by atoms with Crippen molar-refractivity contribution in [1.29, 1.82) is 0 Å². The van der Waals surface area contributed by atoms with E-state index >= 15 is 0 Å². The smallest absolute Gasteiger partial charge is 0.00136 e. The average Bonchev–Trinajstić information content (AvgIpc) is 2.80. The highest BCUT2D eigenvalue weighted by atomic mass is 14.9. The number of hydrogen-bond donors (Lipinski definition) is 1. The van der Waals surface area contributed by atoms with Crippen molar-refractivity contribution in [1.82, 2.24) is 5.32 Å². The first kappa shape index (κ1) is 9.21. The lowest BCUT2D eigenvalue weighted by Crippen LogP contribution is -2.40. The molecule has 3 fully saturated rings. The first-order valence-corrected chi connectivity index (χ1v) is 6.58. The van der Waals surface area contributed by atoms with Crippen LogP contribution in [0.5, 0.6) is 0 Å². The normalized spacial score (nSPS) is 41.1. The number of hydrogen-bond acceptors (Lipinski definition) is 1. The molecule has 0 aromatic carbocycles. The Morgan fingerprint density at radius 2 is 1.36 bits per heavy atom. The lowest BCUT2D eigenvalue weighted by molar-refractivity contribution is 0.0447. The van der Waals surface area contributed by atoms with E-state index in [2.05, 4.69) is 5.32 Å². The van der Waals surface area contributed by atoms with Gasteiger partial charge in [-0.15, -0.1) is 0 Å². The summed E-state index contributed by atoms with van der Waals surface area (Å²) in [5.41, 5.74) is 1.53. The first-order valence-electron chi connectivity index (χ1n) is 6.58. The van der Waals surface area contributed by atoms with Gasteiger partial charge in [-0.2, -0.15) is 0 Å². The topological polar surface area (TPSA) is 12.0 Å². The SMILES string of the molecule is C1CCC2(CC1)CCCC21CCNC1. The third kappa shape index (κ3) is 1.11. The van der Waals surface area contributed by atoms with Crippen molar-refractivity contribution >= 4 is 0 Å². The minimum atomic E-state index is 0.743. The Bertz CT molecular complexity index is 204. The van der Waals surface area contributed by atoms with E-state index in [0.29, 0.717) is 0 Å². The summed E-state index contributed by atoms with van der Waals surface area (Å²) in [6.07, 6.45) is 13.7. The van der Waals surface area contributed by atoms with Gasteiger partial charge >= 0.3 is 0 Å². The molecule has 2 spiro atoms. The van der Waals surface area contributed by atoms with Gasteiger partial charge in [0.15, 0.2) is 0 Å². The maximum Gasteiger partial charge on any atom is 0.00136 e. The largest absolute Gasteiger partial charge is 0.316 e. The van der Waals surface area contributed by atoms with Gasteiger partial charge in [0.25, 0.3) is 0 Å². The second-order valence-electron chi connectivity index (χ2n) is 5.90. The summed E-state index contributed by atoms with van der Waals surface area (Å²) in [6.45, 7) is 2.63. The van der Waals surface area contributed by atoms with Crippen LogP contribution in [0.4, 0.5) is 0 Å². The molecule has 3 rings (SSSR count). The van der Waals surface area contributed by atoms with Crippen LogP contribution in [0.2, 0.25) is 0 Å². The van der Waals surface area contributed by atoms with Crippen LogP contribution in [0.25, 0.3) is 0 Å². The van der Waals surface area contributed by atoms with Gasteiger partial charge in [-0.1, -0.05) is 25.7 Å². The van der Waals surface area contributed by atoms with Gasteiger partial charge in [-0.25, -0.2) is 0 Å². The standard InChI is InChI=1S/C13H23N/c1-2-5-12(6-3-1)7-4-8-13(12)9-10-14-11-13/h14H,1-11H2. The summed E-state index contributed by atoms with van der Waals surface area (Å²) >= 11 is 0. The molecule has 14 heavy (non-hydrogen) atoms. The van der Waals surface area contributed by atoms with E-state index in [1.165, 1.54) is 51.6 Å². The second kappa shape index (κ2) is 3.23. The van der Waals surface area contributed by atoms with Crippen LogP contribution in [0.3, 0.4) is 0 Å². The van der Waals surface area contributed by atoms with Crippen LogP contribution >= 0.6 is 0 Å². The molecule has 1 nitrogen and oxygen atoms in total. The molecule has 80 valence electrons. The third-order valence-electron chi connectivity index (χ3n) is 5.49.